The first kappa shape index (κ1) is 11.9. The Bertz CT molecular complexity index is 457. The Balaban J connectivity index is 2.37. The van der Waals surface area contributed by atoms with Crippen molar-refractivity contribution in [1.82, 2.24) is 0 Å². The van der Waals surface area contributed by atoms with Crippen molar-refractivity contribution in [1.29, 1.82) is 0 Å². The van der Waals surface area contributed by atoms with Gasteiger partial charge in [0.25, 0.3) is 0 Å². The van der Waals surface area contributed by atoms with E-state index < -0.39 is 23.2 Å². The van der Waals surface area contributed by atoms with Crippen molar-refractivity contribution in [3.05, 3.63) is 29.6 Å². The molecule has 1 unspecified atom stereocenters. The number of methoxy groups -OCH3 is 1. The minimum absolute atomic E-state index is 0.369. The molecule has 92 valence electrons. The summed E-state index contributed by atoms with van der Waals surface area (Å²) in [5, 5.41) is 8.94. The number of ether oxygens (including phenoxy) is 1. The van der Waals surface area contributed by atoms with Gasteiger partial charge in [-0.2, -0.15) is 0 Å². The van der Waals surface area contributed by atoms with Gasteiger partial charge in [-0.15, -0.1) is 0 Å². The summed E-state index contributed by atoms with van der Waals surface area (Å²) in [6.45, 7) is 0. The quantitative estimate of drug-likeness (QED) is 0.830. The van der Waals surface area contributed by atoms with Crippen LogP contribution in [0.1, 0.15) is 18.4 Å². The van der Waals surface area contributed by atoms with Crippen LogP contribution in [-0.2, 0) is 10.2 Å². The van der Waals surface area contributed by atoms with Gasteiger partial charge in [-0.1, -0.05) is 6.07 Å². The Morgan fingerprint density at radius 1 is 1.59 bits per heavy atom. The summed E-state index contributed by atoms with van der Waals surface area (Å²) >= 11 is 0. The van der Waals surface area contributed by atoms with E-state index in [-0.39, 0.29) is 0 Å². The summed E-state index contributed by atoms with van der Waals surface area (Å²) in [6.07, 6.45) is 1.20. The molecule has 0 radical (unpaired) electrons. The van der Waals surface area contributed by atoms with Gasteiger partial charge in [0.2, 0.25) is 0 Å². The third kappa shape index (κ3) is 1.86. The Morgan fingerprint density at radius 2 is 2.24 bits per heavy atom. The lowest BCUT2D eigenvalue weighted by Gasteiger charge is -2.21. The Kier molecular flexibility index (Phi) is 2.79. The summed E-state index contributed by atoms with van der Waals surface area (Å²) in [6, 6.07) is 3.37. The lowest BCUT2D eigenvalue weighted by atomic mass is 9.88. The third-order valence-corrected chi connectivity index (χ3v) is 3.36. The van der Waals surface area contributed by atoms with Crippen molar-refractivity contribution in [3.63, 3.8) is 0 Å². The molecule has 3 N–H and O–H groups in total. The molecule has 1 aliphatic rings. The number of carbonyl (C=O) groups is 1. The van der Waals surface area contributed by atoms with E-state index in [1.807, 2.05) is 0 Å². The van der Waals surface area contributed by atoms with Crippen molar-refractivity contribution < 1.29 is 19.0 Å². The molecule has 0 aliphatic heterocycles. The number of hydrogen-bond donors (Lipinski definition) is 2. The van der Waals surface area contributed by atoms with Gasteiger partial charge in [-0.3, -0.25) is 4.79 Å². The van der Waals surface area contributed by atoms with Crippen LogP contribution in [0.2, 0.25) is 0 Å². The minimum atomic E-state index is -1.10. The van der Waals surface area contributed by atoms with Gasteiger partial charge >= 0.3 is 5.97 Å². The first-order valence-electron chi connectivity index (χ1n) is 5.33. The molecule has 1 saturated carbocycles. The second-order valence-corrected chi connectivity index (χ2v) is 4.32. The number of benzene rings is 1. The molecule has 1 fully saturated rings. The van der Waals surface area contributed by atoms with Crippen molar-refractivity contribution in [2.75, 3.05) is 7.11 Å². The van der Waals surface area contributed by atoms with E-state index >= 15 is 0 Å². The van der Waals surface area contributed by atoms with E-state index in [9.17, 15) is 9.18 Å². The normalized spacial score (nSPS) is 18.5. The van der Waals surface area contributed by atoms with Gasteiger partial charge in [0.15, 0.2) is 0 Å². The highest BCUT2D eigenvalue weighted by molar-refractivity contribution is 5.77. The van der Waals surface area contributed by atoms with Gasteiger partial charge < -0.3 is 15.6 Å². The minimum Gasteiger partial charge on any atom is -0.497 e. The number of carboxylic acid groups (broad SMARTS) is 1. The van der Waals surface area contributed by atoms with Crippen molar-refractivity contribution in [2.45, 2.75) is 24.3 Å². The van der Waals surface area contributed by atoms with Crippen LogP contribution in [0.4, 0.5) is 4.39 Å². The van der Waals surface area contributed by atoms with E-state index in [4.69, 9.17) is 15.6 Å². The Labute approximate surface area is 98.2 Å². The molecule has 0 aromatic heterocycles. The highest BCUT2D eigenvalue weighted by Gasteiger charge is 2.53. The standard InChI is InChI=1S/C12H14FNO3/c1-17-7-2-3-8(9(13)6-7)12(4-5-12)10(14)11(15)16/h2-3,6,10H,4-5,14H2,1H3,(H,15,16). The van der Waals surface area contributed by atoms with Crippen molar-refractivity contribution in [2.24, 2.45) is 5.73 Å². The van der Waals surface area contributed by atoms with Crippen molar-refractivity contribution >= 4 is 5.97 Å². The molecular weight excluding hydrogens is 225 g/mol. The molecule has 4 nitrogen and oxygen atoms in total. The highest BCUT2D eigenvalue weighted by Crippen LogP contribution is 2.51. The Morgan fingerprint density at radius 3 is 2.65 bits per heavy atom. The fourth-order valence-electron chi connectivity index (χ4n) is 2.15. The van der Waals surface area contributed by atoms with E-state index in [1.165, 1.54) is 13.2 Å². The van der Waals surface area contributed by atoms with Crippen LogP contribution in [0.3, 0.4) is 0 Å². The molecular formula is C12H14FNO3. The van der Waals surface area contributed by atoms with Crippen LogP contribution in [-0.4, -0.2) is 24.2 Å². The smallest absolute Gasteiger partial charge is 0.321 e. The number of halogens is 1. The van der Waals surface area contributed by atoms with Crippen LogP contribution in [0, 0.1) is 5.82 Å². The topological polar surface area (TPSA) is 72.5 Å². The average molecular weight is 239 g/mol. The predicted molar refractivity (Wildman–Crippen MR) is 59.5 cm³/mol. The molecule has 5 heteroatoms. The molecule has 17 heavy (non-hydrogen) atoms. The second kappa shape index (κ2) is 4.00. The molecule has 1 aromatic carbocycles. The largest absolute Gasteiger partial charge is 0.497 e. The van der Waals surface area contributed by atoms with Crippen LogP contribution in [0.15, 0.2) is 18.2 Å². The van der Waals surface area contributed by atoms with E-state index in [0.717, 1.165) is 0 Å². The van der Waals surface area contributed by atoms with E-state index in [0.29, 0.717) is 24.2 Å². The fourth-order valence-corrected chi connectivity index (χ4v) is 2.15. The number of carboxylic acids is 1. The average Bonchev–Trinajstić information content (AvgIpc) is 3.09. The SMILES string of the molecule is COc1ccc(C2(C(N)C(=O)O)CC2)c(F)c1. The zero-order valence-corrected chi connectivity index (χ0v) is 9.44. The second-order valence-electron chi connectivity index (χ2n) is 4.32. The molecule has 1 aromatic rings. The summed E-state index contributed by atoms with van der Waals surface area (Å²) in [4.78, 5) is 10.9. The van der Waals surface area contributed by atoms with Gasteiger partial charge in [0.05, 0.1) is 7.11 Å². The van der Waals surface area contributed by atoms with Gasteiger partial charge in [-0.05, 0) is 24.5 Å². The molecule has 2 rings (SSSR count). The van der Waals surface area contributed by atoms with Gasteiger partial charge in [0, 0.05) is 11.5 Å². The number of aliphatic carboxylic acids is 1. The summed E-state index contributed by atoms with van der Waals surface area (Å²) < 4.78 is 18.8. The zero-order chi connectivity index (χ0) is 12.6. The third-order valence-electron chi connectivity index (χ3n) is 3.36. The number of rotatable bonds is 4. The van der Waals surface area contributed by atoms with Crippen LogP contribution in [0.5, 0.6) is 5.75 Å². The van der Waals surface area contributed by atoms with Crippen LogP contribution in [0.25, 0.3) is 0 Å². The van der Waals surface area contributed by atoms with Crippen molar-refractivity contribution in [3.8, 4) is 5.75 Å². The van der Waals surface area contributed by atoms with E-state index in [2.05, 4.69) is 0 Å². The molecule has 1 aliphatic carbocycles. The van der Waals surface area contributed by atoms with Gasteiger partial charge in [-0.25, -0.2) is 4.39 Å². The molecule has 0 spiro atoms. The number of nitrogens with two attached hydrogens (primary N) is 1. The zero-order valence-electron chi connectivity index (χ0n) is 9.44. The van der Waals surface area contributed by atoms with Gasteiger partial charge in [0.1, 0.15) is 17.6 Å². The Hall–Kier alpha value is -1.62. The summed E-state index contributed by atoms with van der Waals surface area (Å²) in [5.74, 6) is -1.15. The molecule has 0 saturated heterocycles. The fraction of sp³-hybridized carbons (Fsp3) is 0.417. The first-order valence-corrected chi connectivity index (χ1v) is 5.33. The highest BCUT2D eigenvalue weighted by atomic mass is 19.1. The molecule has 0 bridgehead atoms. The molecule has 1 atom stereocenters. The maximum Gasteiger partial charge on any atom is 0.321 e. The first-order chi connectivity index (χ1) is 8.01. The lowest BCUT2D eigenvalue weighted by molar-refractivity contribution is -0.139. The maximum absolute atomic E-state index is 13.9. The molecule has 0 heterocycles. The van der Waals surface area contributed by atoms with E-state index in [1.54, 1.807) is 12.1 Å². The molecule has 0 amide bonds. The monoisotopic (exact) mass is 239 g/mol. The van der Waals surface area contributed by atoms with Crippen LogP contribution < -0.4 is 10.5 Å². The maximum atomic E-state index is 13.9. The lowest BCUT2D eigenvalue weighted by Crippen LogP contribution is -2.42. The van der Waals surface area contributed by atoms with Crippen LogP contribution >= 0.6 is 0 Å². The number of hydrogen-bond acceptors (Lipinski definition) is 3. The summed E-state index contributed by atoms with van der Waals surface area (Å²) in [7, 11) is 1.45. The summed E-state index contributed by atoms with van der Waals surface area (Å²) in [5.41, 5.74) is 5.25. The predicted octanol–water partition coefficient (Wildman–Crippen LogP) is 1.28.